The zero-order valence-electron chi connectivity index (χ0n) is 10.6. The largest absolute Gasteiger partial charge is 0.455 e. The lowest BCUT2D eigenvalue weighted by molar-refractivity contribution is 0.471. The number of rotatable bonds is 3. The quantitative estimate of drug-likeness (QED) is 0.584. The molecule has 0 fully saturated rings. The van der Waals surface area contributed by atoms with Gasteiger partial charge in [-0.25, -0.2) is 0 Å². The molecular formula is C15H13BrCl2O. The van der Waals surface area contributed by atoms with E-state index in [9.17, 15) is 0 Å². The minimum Gasteiger partial charge on any atom is -0.455 e. The zero-order chi connectivity index (χ0) is 14.0. The van der Waals surface area contributed by atoms with Crippen molar-refractivity contribution < 1.29 is 4.74 Å². The fourth-order valence-electron chi connectivity index (χ4n) is 1.93. The summed E-state index contributed by atoms with van der Waals surface area (Å²) in [6.45, 7) is 3.94. The van der Waals surface area contributed by atoms with Gasteiger partial charge in [0.2, 0.25) is 0 Å². The highest BCUT2D eigenvalue weighted by Crippen LogP contribution is 2.37. The lowest BCUT2D eigenvalue weighted by Crippen LogP contribution is -1.95. The number of hydrogen-bond acceptors (Lipinski definition) is 1. The van der Waals surface area contributed by atoms with Crippen LogP contribution in [0.4, 0.5) is 0 Å². The van der Waals surface area contributed by atoms with Crippen molar-refractivity contribution in [2.75, 3.05) is 0 Å². The molecule has 100 valence electrons. The van der Waals surface area contributed by atoms with E-state index in [0.29, 0.717) is 21.1 Å². The molecule has 2 aromatic carbocycles. The number of alkyl halides is 1. The molecule has 0 heterocycles. The number of aryl methyl sites for hydroxylation is 2. The van der Waals surface area contributed by atoms with E-state index in [-0.39, 0.29) is 0 Å². The summed E-state index contributed by atoms with van der Waals surface area (Å²) in [6, 6.07) is 9.48. The number of ether oxygens (including phenoxy) is 1. The molecule has 0 aromatic heterocycles. The Morgan fingerprint density at radius 3 is 2.26 bits per heavy atom. The van der Waals surface area contributed by atoms with Crippen molar-refractivity contribution in [2.45, 2.75) is 19.2 Å². The van der Waals surface area contributed by atoms with Crippen molar-refractivity contribution in [2.24, 2.45) is 0 Å². The molecule has 0 saturated carbocycles. The summed E-state index contributed by atoms with van der Waals surface area (Å²) in [6.07, 6.45) is 0. The third-order valence-electron chi connectivity index (χ3n) is 2.82. The molecule has 0 saturated heterocycles. The zero-order valence-corrected chi connectivity index (χ0v) is 13.7. The third kappa shape index (κ3) is 3.25. The van der Waals surface area contributed by atoms with Crippen LogP contribution >= 0.6 is 39.1 Å². The molecule has 1 nitrogen and oxygen atoms in total. The Morgan fingerprint density at radius 2 is 1.68 bits per heavy atom. The van der Waals surface area contributed by atoms with E-state index in [4.69, 9.17) is 27.9 Å². The molecule has 0 aliphatic carbocycles. The molecule has 0 unspecified atom stereocenters. The second-order valence-corrected chi connectivity index (χ2v) is 5.74. The highest BCUT2D eigenvalue weighted by atomic mass is 79.9. The predicted octanol–water partition coefficient (Wildman–Crippen LogP) is 6.30. The van der Waals surface area contributed by atoms with Crippen LogP contribution in [0.1, 0.15) is 16.7 Å². The van der Waals surface area contributed by atoms with Crippen molar-refractivity contribution >= 4 is 39.1 Å². The van der Waals surface area contributed by atoms with Crippen LogP contribution < -0.4 is 4.74 Å². The van der Waals surface area contributed by atoms with Gasteiger partial charge in [-0.1, -0.05) is 51.3 Å². The molecule has 4 heteroatoms. The summed E-state index contributed by atoms with van der Waals surface area (Å²) >= 11 is 15.7. The van der Waals surface area contributed by atoms with E-state index >= 15 is 0 Å². The molecular weight excluding hydrogens is 347 g/mol. The molecule has 0 bridgehead atoms. The summed E-state index contributed by atoms with van der Waals surface area (Å²) in [5.41, 5.74) is 3.00. The van der Waals surface area contributed by atoms with E-state index < -0.39 is 0 Å². The topological polar surface area (TPSA) is 9.23 Å². The number of para-hydroxylation sites is 1. The maximum absolute atomic E-state index is 6.22. The minimum atomic E-state index is 0.603. The average Bonchev–Trinajstić information content (AvgIpc) is 2.34. The van der Waals surface area contributed by atoms with E-state index in [0.717, 1.165) is 22.4 Å². The maximum Gasteiger partial charge on any atom is 0.150 e. The highest BCUT2D eigenvalue weighted by Gasteiger charge is 2.12. The second-order valence-electron chi connectivity index (χ2n) is 4.33. The second kappa shape index (κ2) is 6.17. The lowest BCUT2D eigenvalue weighted by Gasteiger charge is -2.15. The van der Waals surface area contributed by atoms with E-state index in [1.54, 1.807) is 0 Å². The van der Waals surface area contributed by atoms with Gasteiger partial charge in [0.15, 0.2) is 0 Å². The van der Waals surface area contributed by atoms with E-state index in [1.807, 2.05) is 44.2 Å². The Kier molecular flexibility index (Phi) is 4.77. The molecule has 0 atom stereocenters. The smallest absolute Gasteiger partial charge is 0.150 e. The first kappa shape index (κ1) is 14.7. The van der Waals surface area contributed by atoms with Gasteiger partial charge in [0, 0.05) is 15.9 Å². The molecule has 2 rings (SSSR count). The van der Waals surface area contributed by atoms with Crippen LogP contribution in [0.15, 0.2) is 30.3 Å². The molecule has 19 heavy (non-hydrogen) atoms. The van der Waals surface area contributed by atoms with Crippen molar-refractivity contribution in [3.8, 4) is 11.5 Å². The van der Waals surface area contributed by atoms with Gasteiger partial charge in [-0.05, 0) is 43.2 Å². The SMILES string of the molecule is Cc1cc(Cl)cc(C)c1Oc1c(Cl)cccc1CBr. The van der Waals surface area contributed by atoms with Crippen molar-refractivity contribution in [3.05, 3.63) is 57.1 Å². The summed E-state index contributed by atoms with van der Waals surface area (Å²) in [4.78, 5) is 0. The number of halogens is 3. The summed E-state index contributed by atoms with van der Waals surface area (Å²) in [5, 5.41) is 2.00. The first-order valence-corrected chi connectivity index (χ1v) is 7.68. The first-order chi connectivity index (χ1) is 9.02. The van der Waals surface area contributed by atoms with Crippen molar-refractivity contribution in [1.82, 2.24) is 0 Å². The minimum absolute atomic E-state index is 0.603. The predicted molar refractivity (Wildman–Crippen MR) is 85.1 cm³/mol. The lowest BCUT2D eigenvalue weighted by atomic mass is 10.1. The van der Waals surface area contributed by atoms with Gasteiger partial charge in [-0.3, -0.25) is 0 Å². The molecule has 0 N–H and O–H groups in total. The number of hydrogen-bond donors (Lipinski definition) is 0. The van der Waals surface area contributed by atoms with Gasteiger partial charge in [-0.2, -0.15) is 0 Å². The Morgan fingerprint density at radius 1 is 1.05 bits per heavy atom. The van der Waals surface area contributed by atoms with Crippen LogP contribution in [0, 0.1) is 13.8 Å². The van der Waals surface area contributed by atoms with Gasteiger partial charge in [0.05, 0.1) is 5.02 Å². The molecule has 0 spiro atoms. The molecule has 2 aromatic rings. The van der Waals surface area contributed by atoms with Gasteiger partial charge in [0.25, 0.3) is 0 Å². The normalized spacial score (nSPS) is 10.6. The van der Waals surface area contributed by atoms with Gasteiger partial charge in [0.1, 0.15) is 11.5 Å². The Hall–Kier alpha value is -0.700. The summed E-state index contributed by atoms with van der Waals surface area (Å²) in [5.74, 6) is 1.49. The maximum atomic E-state index is 6.22. The van der Waals surface area contributed by atoms with Crippen molar-refractivity contribution in [1.29, 1.82) is 0 Å². The molecule has 0 radical (unpaired) electrons. The third-order valence-corrected chi connectivity index (χ3v) is 3.94. The number of benzene rings is 2. The van der Waals surface area contributed by atoms with Gasteiger partial charge in [-0.15, -0.1) is 0 Å². The van der Waals surface area contributed by atoms with E-state index in [1.165, 1.54) is 0 Å². The Labute approximate surface area is 131 Å². The fourth-order valence-corrected chi connectivity index (χ4v) is 2.94. The van der Waals surface area contributed by atoms with Crippen LogP contribution in [-0.4, -0.2) is 0 Å². The van der Waals surface area contributed by atoms with Crippen LogP contribution in [0.5, 0.6) is 11.5 Å². The highest BCUT2D eigenvalue weighted by molar-refractivity contribution is 9.08. The van der Waals surface area contributed by atoms with Crippen LogP contribution in [0.3, 0.4) is 0 Å². The van der Waals surface area contributed by atoms with Crippen LogP contribution in [0.2, 0.25) is 10.0 Å². The van der Waals surface area contributed by atoms with Crippen LogP contribution in [-0.2, 0) is 5.33 Å². The molecule has 0 amide bonds. The van der Waals surface area contributed by atoms with Gasteiger partial charge >= 0.3 is 0 Å². The van der Waals surface area contributed by atoms with Crippen LogP contribution in [0.25, 0.3) is 0 Å². The fraction of sp³-hybridized carbons (Fsp3) is 0.200. The average molecular weight is 360 g/mol. The Balaban J connectivity index is 2.48. The van der Waals surface area contributed by atoms with Crippen molar-refractivity contribution in [3.63, 3.8) is 0 Å². The van der Waals surface area contributed by atoms with Gasteiger partial charge < -0.3 is 4.74 Å². The Bertz CT molecular complexity index is 588. The first-order valence-electron chi connectivity index (χ1n) is 5.81. The standard InChI is InChI=1S/C15H13BrCl2O/c1-9-6-12(17)7-10(2)14(9)19-15-11(8-16)4-3-5-13(15)18/h3-7H,8H2,1-2H3. The van der Waals surface area contributed by atoms with E-state index in [2.05, 4.69) is 15.9 Å². The summed E-state index contributed by atoms with van der Waals surface area (Å²) < 4.78 is 6.03. The summed E-state index contributed by atoms with van der Waals surface area (Å²) in [7, 11) is 0. The molecule has 0 aliphatic heterocycles. The molecule has 0 aliphatic rings. The monoisotopic (exact) mass is 358 g/mol.